The summed E-state index contributed by atoms with van der Waals surface area (Å²) in [5.41, 5.74) is 0.519. The molecule has 0 bridgehead atoms. The predicted octanol–water partition coefficient (Wildman–Crippen LogP) is 3.73. The lowest BCUT2D eigenvalue weighted by Crippen LogP contribution is -2.46. The van der Waals surface area contributed by atoms with E-state index in [1.807, 2.05) is 0 Å². The minimum absolute atomic E-state index is 0.0302. The first-order chi connectivity index (χ1) is 13.4. The van der Waals surface area contributed by atoms with Crippen molar-refractivity contribution in [2.24, 2.45) is 0 Å². The molecule has 0 unspecified atom stereocenters. The summed E-state index contributed by atoms with van der Waals surface area (Å²) >= 11 is 0. The van der Waals surface area contributed by atoms with Crippen molar-refractivity contribution in [2.75, 3.05) is 13.1 Å². The molecule has 1 aromatic heterocycles. The van der Waals surface area contributed by atoms with Gasteiger partial charge in [0.25, 0.3) is 0 Å². The number of carbonyl (C=O) groups is 1. The van der Waals surface area contributed by atoms with E-state index >= 15 is 0 Å². The molecule has 28 heavy (non-hydrogen) atoms. The second-order valence-corrected chi connectivity index (χ2v) is 6.34. The highest BCUT2D eigenvalue weighted by atomic mass is 19.4. The molecule has 6 nitrogen and oxygen atoms in total. The van der Waals surface area contributed by atoms with Crippen LogP contribution in [0.1, 0.15) is 18.4 Å². The number of carbonyl (C=O) groups excluding carboxylic acids is 1. The van der Waals surface area contributed by atoms with Gasteiger partial charge >= 0.3 is 12.4 Å². The minimum Gasteiger partial charge on any atom is -0.490 e. The lowest BCUT2D eigenvalue weighted by atomic mass is 10.1. The van der Waals surface area contributed by atoms with Gasteiger partial charge < -0.3 is 19.7 Å². The van der Waals surface area contributed by atoms with Gasteiger partial charge in [0.2, 0.25) is 0 Å². The van der Waals surface area contributed by atoms with Crippen LogP contribution in [-0.4, -0.2) is 41.5 Å². The van der Waals surface area contributed by atoms with Crippen LogP contribution in [0.25, 0.3) is 0 Å². The van der Waals surface area contributed by atoms with Crippen molar-refractivity contribution in [1.82, 2.24) is 15.2 Å². The molecule has 0 atom stereocenters. The number of alkyl halides is 3. The molecule has 2 amide bonds. The highest BCUT2D eigenvalue weighted by molar-refractivity contribution is 5.74. The Labute approximate surface area is 160 Å². The number of pyridine rings is 1. The van der Waals surface area contributed by atoms with E-state index in [-0.39, 0.29) is 24.4 Å². The molecule has 0 radical (unpaired) electrons. The average Bonchev–Trinajstić information content (AvgIpc) is 2.66. The van der Waals surface area contributed by atoms with Crippen LogP contribution in [-0.2, 0) is 6.54 Å². The van der Waals surface area contributed by atoms with Gasteiger partial charge in [0.15, 0.2) is 0 Å². The molecule has 150 valence electrons. The van der Waals surface area contributed by atoms with Crippen LogP contribution in [0.4, 0.5) is 18.0 Å². The number of nitrogens with zero attached hydrogens (tertiary/aromatic N) is 2. The van der Waals surface area contributed by atoms with Gasteiger partial charge in [0.05, 0.1) is 0 Å². The van der Waals surface area contributed by atoms with E-state index in [4.69, 9.17) is 4.74 Å². The zero-order valence-electron chi connectivity index (χ0n) is 15.0. The standard InChI is InChI=1S/C19H20F3N3O3/c20-19(21,22)28-17-3-1-2-14(12-17)13-24-18(26)25-10-6-16(7-11-25)27-15-4-8-23-9-5-15/h1-5,8-9,12,16H,6-7,10-11,13H2,(H,24,26). The SMILES string of the molecule is O=C(NCc1cccc(OC(F)(F)F)c1)N1CCC(Oc2ccncc2)CC1. The Morgan fingerprint density at radius 2 is 1.86 bits per heavy atom. The second-order valence-electron chi connectivity index (χ2n) is 6.34. The number of nitrogens with one attached hydrogen (secondary N) is 1. The molecule has 1 N–H and O–H groups in total. The van der Waals surface area contributed by atoms with Crippen molar-refractivity contribution in [3.63, 3.8) is 0 Å². The van der Waals surface area contributed by atoms with Gasteiger partial charge in [0, 0.05) is 44.9 Å². The van der Waals surface area contributed by atoms with Crippen LogP contribution in [0, 0.1) is 0 Å². The predicted molar refractivity (Wildman–Crippen MR) is 94.8 cm³/mol. The number of ether oxygens (including phenoxy) is 2. The number of amides is 2. The van der Waals surface area contributed by atoms with Crippen LogP contribution in [0.2, 0.25) is 0 Å². The quantitative estimate of drug-likeness (QED) is 0.838. The number of benzene rings is 1. The van der Waals surface area contributed by atoms with Crippen LogP contribution in [0.3, 0.4) is 0 Å². The van der Waals surface area contributed by atoms with Crippen LogP contribution < -0.4 is 14.8 Å². The maximum atomic E-state index is 12.3. The number of hydrogen-bond donors (Lipinski definition) is 1. The fourth-order valence-electron chi connectivity index (χ4n) is 2.93. The molecule has 2 heterocycles. The molecule has 0 spiro atoms. The van der Waals surface area contributed by atoms with E-state index in [0.29, 0.717) is 31.5 Å². The normalized spacial score (nSPS) is 15.2. The second kappa shape index (κ2) is 8.81. The summed E-state index contributed by atoms with van der Waals surface area (Å²) < 4.78 is 46.6. The first kappa shape index (κ1) is 19.8. The maximum Gasteiger partial charge on any atom is 0.573 e. The summed E-state index contributed by atoms with van der Waals surface area (Å²) in [7, 11) is 0. The molecule has 1 aliphatic heterocycles. The molecular weight excluding hydrogens is 375 g/mol. The van der Waals surface area contributed by atoms with Crippen molar-refractivity contribution in [1.29, 1.82) is 0 Å². The fraction of sp³-hybridized carbons (Fsp3) is 0.368. The summed E-state index contributed by atoms with van der Waals surface area (Å²) in [6, 6.07) is 8.85. The Hall–Kier alpha value is -2.97. The minimum atomic E-state index is -4.75. The van der Waals surface area contributed by atoms with E-state index in [1.54, 1.807) is 35.5 Å². The van der Waals surface area contributed by atoms with Crippen molar-refractivity contribution < 1.29 is 27.4 Å². The number of likely N-dealkylation sites (tertiary alicyclic amines) is 1. The molecule has 1 fully saturated rings. The largest absolute Gasteiger partial charge is 0.573 e. The third kappa shape index (κ3) is 6.04. The van der Waals surface area contributed by atoms with E-state index in [9.17, 15) is 18.0 Å². The smallest absolute Gasteiger partial charge is 0.490 e. The summed E-state index contributed by atoms with van der Waals surface area (Å²) in [6.45, 7) is 1.19. The number of hydrogen-bond acceptors (Lipinski definition) is 4. The highest BCUT2D eigenvalue weighted by Gasteiger charge is 2.31. The van der Waals surface area contributed by atoms with Gasteiger partial charge in [-0.3, -0.25) is 4.98 Å². The van der Waals surface area contributed by atoms with Crippen LogP contribution in [0.5, 0.6) is 11.5 Å². The number of halogens is 3. The Morgan fingerprint density at radius 1 is 1.14 bits per heavy atom. The van der Waals surface area contributed by atoms with Crippen molar-refractivity contribution in [3.8, 4) is 11.5 Å². The van der Waals surface area contributed by atoms with E-state index < -0.39 is 6.36 Å². The highest BCUT2D eigenvalue weighted by Crippen LogP contribution is 2.23. The molecule has 1 saturated heterocycles. The fourth-order valence-corrected chi connectivity index (χ4v) is 2.93. The van der Waals surface area contributed by atoms with Crippen molar-refractivity contribution in [3.05, 3.63) is 54.4 Å². The summed E-state index contributed by atoms with van der Waals surface area (Å²) in [5.74, 6) is 0.437. The monoisotopic (exact) mass is 395 g/mol. The molecule has 1 aromatic carbocycles. The van der Waals surface area contributed by atoms with Crippen molar-refractivity contribution in [2.45, 2.75) is 31.9 Å². The summed E-state index contributed by atoms with van der Waals surface area (Å²) in [6.07, 6.45) is 0.00162. The summed E-state index contributed by atoms with van der Waals surface area (Å²) in [5, 5.41) is 2.72. The first-order valence-corrected chi connectivity index (χ1v) is 8.83. The molecule has 9 heteroatoms. The number of rotatable bonds is 5. The van der Waals surface area contributed by atoms with Gasteiger partial charge in [-0.15, -0.1) is 13.2 Å². The molecule has 3 rings (SSSR count). The van der Waals surface area contributed by atoms with Crippen molar-refractivity contribution >= 4 is 6.03 Å². The van der Waals surface area contributed by atoms with Gasteiger partial charge in [-0.1, -0.05) is 12.1 Å². The Kier molecular flexibility index (Phi) is 6.23. The lowest BCUT2D eigenvalue weighted by Gasteiger charge is -2.32. The topological polar surface area (TPSA) is 63.7 Å². The number of piperidine rings is 1. The van der Waals surface area contributed by atoms with E-state index in [0.717, 1.165) is 5.75 Å². The van der Waals surface area contributed by atoms with E-state index in [2.05, 4.69) is 15.0 Å². The zero-order chi connectivity index (χ0) is 20.0. The molecular formula is C19H20F3N3O3. The van der Waals surface area contributed by atoms with Gasteiger partial charge in [0.1, 0.15) is 17.6 Å². The maximum absolute atomic E-state index is 12.3. The lowest BCUT2D eigenvalue weighted by molar-refractivity contribution is -0.274. The van der Waals surface area contributed by atoms with Gasteiger partial charge in [-0.25, -0.2) is 4.79 Å². The Morgan fingerprint density at radius 3 is 2.54 bits per heavy atom. The Balaban J connectivity index is 1.44. The molecule has 0 aliphatic carbocycles. The van der Waals surface area contributed by atoms with Gasteiger partial charge in [-0.2, -0.15) is 0 Å². The zero-order valence-corrected chi connectivity index (χ0v) is 15.0. The molecule has 0 saturated carbocycles. The molecule has 2 aromatic rings. The Bertz CT molecular complexity index is 779. The number of urea groups is 1. The third-order valence-corrected chi connectivity index (χ3v) is 4.26. The average molecular weight is 395 g/mol. The third-order valence-electron chi connectivity index (χ3n) is 4.26. The first-order valence-electron chi connectivity index (χ1n) is 8.83. The van der Waals surface area contributed by atoms with Crippen LogP contribution >= 0.6 is 0 Å². The van der Waals surface area contributed by atoms with Gasteiger partial charge in [-0.05, 0) is 29.8 Å². The number of aromatic nitrogens is 1. The van der Waals surface area contributed by atoms with Crippen LogP contribution in [0.15, 0.2) is 48.8 Å². The molecule has 1 aliphatic rings. The van der Waals surface area contributed by atoms with E-state index in [1.165, 1.54) is 18.2 Å². The summed E-state index contributed by atoms with van der Waals surface area (Å²) in [4.78, 5) is 17.9.